The van der Waals surface area contributed by atoms with Crippen molar-refractivity contribution in [2.75, 3.05) is 16.8 Å². The average Bonchev–Trinajstić information content (AvgIpc) is 2.80. The molecule has 1 unspecified atom stereocenters. The van der Waals surface area contributed by atoms with Crippen LogP contribution in [0.3, 0.4) is 0 Å². The molecule has 3 heterocycles. The van der Waals surface area contributed by atoms with Gasteiger partial charge in [-0.05, 0) is 44.2 Å². The summed E-state index contributed by atoms with van der Waals surface area (Å²) in [5.74, 6) is -1.79. The number of aromatic nitrogens is 2. The fourth-order valence-electron chi connectivity index (χ4n) is 3.52. The predicted molar refractivity (Wildman–Crippen MR) is 113 cm³/mol. The van der Waals surface area contributed by atoms with Crippen LogP contribution in [0.2, 0.25) is 5.02 Å². The Morgan fingerprint density at radius 3 is 2.80 bits per heavy atom. The molecule has 0 fully saturated rings. The molecule has 2 amide bonds. The number of carbonyl (C=O) groups excluding carboxylic acids is 2. The first-order valence-corrected chi connectivity index (χ1v) is 9.71. The fraction of sp³-hybridized carbons (Fsp3) is 0.182. The van der Waals surface area contributed by atoms with E-state index in [1.807, 2.05) is 13.0 Å². The van der Waals surface area contributed by atoms with E-state index >= 15 is 0 Å². The van der Waals surface area contributed by atoms with E-state index in [1.54, 1.807) is 31.5 Å². The fourth-order valence-corrected chi connectivity index (χ4v) is 3.70. The first kappa shape index (κ1) is 20.0. The molecule has 8 heteroatoms. The van der Waals surface area contributed by atoms with Crippen molar-refractivity contribution < 1.29 is 14.0 Å². The van der Waals surface area contributed by atoms with Gasteiger partial charge in [-0.15, -0.1) is 0 Å². The summed E-state index contributed by atoms with van der Waals surface area (Å²) in [5, 5.41) is 2.57. The number of anilines is 2. The van der Waals surface area contributed by atoms with Gasteiger partial charge in [-0.3, -0.25) is 19.6 Å². The number of nitrogens with one attached hydrogen (secondary N) is 1. The number of nitrogens with zero attached hydrogens (tertiary/aromatic N) is 3. The van der Waals surface area contributed by atoms with Crippen LogP contribution >= 0.6 is 11.6 Å². The summed E-state index contributed by atoms with van der Waals surface area (Å²) in [6.45, 7) is 3.37. The standard InChI is InChI=1S/C22H18ClFN4O2/c1-12-8-19-16(10-26-12)15-4-3-7-25-21(15)13(2)22(30)28(19)11-20(29)27-14-5-6-18(24)17(23)9-14/h3-10,13H,11H2,1-2H3,(H,27,29). The van der Waals surface area contributed by atoms with Crippen molar-refractivity contribution in [2.24, 2.45) is 0 Å². The second kappa shape index (κ2) is 7.84. The summed E-state index contributed by atoms with van der Waals surface area (Å²) in [5.41, 5.74) is 3.85. The van der Waals surface area contributed by atoms with E-state index < -0.39 is 17.6 Å². The van der Waals surface area contributed by atoms with Gasteiger partial charge in [0, 0.05) is 34.9 Å². The van der Waals surface area contributed by atoms with Crippen LogP contribution in [-0.2, 0) is 9.59 Å². The van der Waals surface area contributed by atoms with Gasteiger partial charge in [-0.25, -0.2) is 4.39 Å². The van der Waals surface area contributed by atoms with E-state index in [2.05, 4.69) is 15.3 Å². The number of hydrogen-bond donors (Lipinski definition) is 1. The highest BCUT2D eigenvalue weighted by Gasteiger charge is 2.33. The molecule has 4 rings (SSSR count). The molecule has 0 radical (unpaired) electrons. The number of benzene rings is 1. The third-order valence-electron chi connectivity index (χ3n) is 4.99. The van der Waals surface area contributed by atoms with Crippen molar-refractivity contribution >= 4 is 34.8 Å². The molecular formula is C22H18ClFN4O2. The summed E-state index contributed by atoms with van der Waals surface area (Å²) >= 11 is 5.78. The van der Waals surface area contributed by atoms with Crippen LogP contribution in [0.4, 0.5) is 15.8 Å². The molecule has 0 aliphatic carbocycles. The molecular weight excluding hydrogens is 407 g/mol. The summed E-state index contributed by atoms with van der Waals surface area (Å²) in [4.78, 5) is 36.2. The molecule has 30 heavy (non-hydrogen) atoms. The highest BCUT2D eigenvalue weighted by molar-refractivity contribution is 6.31. The van der Waals surface area contributed by atoms with Crippen LogP contribution in [0.25, 0.3) is 11.1 Å². The molecule has 1 aromatic carbocycles. The number of halogens is 2. The van der Waals surface area contributed by atoms with Crippen LogP contribution in [0.5, 0.6) is 0 Å². The van der Waals surface area contributed by atoms with Gasteiger partial charge in [0.2, 0.25) is 11.8 Å². The molecule has 1 aliphatic rings. The molecule has 0 saturated heterocycles. The van der Waals surface area contributed by atoms with E-state index in [9.17, 15) is 14.0 Å². The van der Waals surface area contributed by atoms with Gasteiger partial charge < -0.3 is 10.2 Å². The third kappa shape index (κ3) is 3.64. The number of hydrogen-bond acceptors (Lipinski definition) is 4. The van der Waals surface area contributed by atoms with Crippen LogP contribution < -0.4 is 10.2 Å². The minimum Gasteiger partial charge on any atom is -0.324 e. The lowest BCUT2D eigenvalue weighted by molar-refractivity contribution is -0.122. The largest absolute Gasteiger partial charge is 0.324 e. The van der Waals surface area contributed by atoms with Gasteiger partial charge >= 0.3 is 0 Å². The summed E-state index contributed by atoms with van der Waals surface area (Å²) in [6.07, 6.45) is 3.34. The van der Waals surface area contributed by atoms with Gasteiger partial charge in [-0.1, -0.05) is 17.7 Å². The van der Waals surface area contributed by atoms with Crippen molar-refractivity contribution in [1.82, 2.24) is 9.97 Å². The zero-order chi connectivity index (χ0) is 21.4. The molecule has 1 aliphatic heterocycles. The zero-order valence-corrected chi connectivity index (χ0v) is 17.1. The number of fused-ring (bicyclic) bond motifs is 3. The Balaban J connectivity index is 1.70. The number of carbonyl (C=O) groups is 2. The van der Waals surface area contributed by atoms with Gasteiger partial charge in [0.05, 0.1) is 22.3 Å². The quantitative estimate of drug-likeness (QED) is 0.678. The van der Waals surface area contributed by atoms with Crippen LogP contribution in [0.1, 0.15) is 24.2 Å². The SMILES string of the molecule is Cc1cc2c(cn1)-c1cccnc1C(C)C(=O)N2CC(=O)Nc1ccc(F)c(Cl)c1. The van der Waals surface area contributed by atoms with E-state index in [1.165, 1.54) is 23.1 Å². The van der Waals surface area contributed by atoms with Crippen LogP contribution in [0, 0.1) is 12.7 Å². The summed E-state index contributed by atoms with van der Waals surface area (Å²) in [7, 11) is 0. The first-order chi connectivity index (χ1) is 14.3. The number of rotatable bonds is 3. The zero-order valence-electron chi connectivity index (χ0n) is 16.3. The second-order valence-corrected chi connectivity index (χ2v) is 7.51. The Morgan fingerprint density at radius 1 is 1.23 bits per heavy atom. The van der Waals surface area contributed by atoms with E-state index in [0.29, 0.717) is 17.1 Å². The lowest BCUT2D eigenvalue weighted by Crippen LogP contribution is -2.40. The highest BCUT2D eigenvalue weighted by atomic mass is 35.5. The maximum absolute atomic E-state index is 13.4. The Labute approximate surface area is 177 Å². The Bertz CT molecular complexity index is 1170. The van der Waals surface area contributed by atoms with E-state index in [0.717, 1.165) is 16.8 Å². The van der Waals surface area contributed by atoms with Crippen molar-refractivity contribution in [2.45, 2.75) is 19.8 Å². The number of amides is 2. The maximum atomic E-state index is 13.4. The first-order valence-electron chi connectivity index (χ1n) is 9.33. The molecule has 1 atom stereocenters. The molecule has 0 saturated carbocycles. The topological polar surface area (TPSA) is 75.2 Å². The van der Waals surface area contributed by atoms with Crippen molar-refractivity contribution in [3.8, 4) is 11.1 Å². The van der Waals surface area contributed by atoms with Gasteiger partial charge in [0.25, 0.3) is 0 Å². The Kier molecular flexibility index (Phi) is 5.22. The van der Waals surface area contributed by atoms with Gasteiger partial charge in [-0.2, -0.15) is 0 Å². The van der Waals surface area contributed by atoms with E-state index in [-0.39, 0.29) is 17.5 Å². The van der Waals surface area contributed by atoms with Gasteiger partial charge in [0.15, 0.2) is 0 Å². The second-order valence-electron chi connectivity index (χ2n) is 7.10. The number of pyridine rings is 2. The third-order valence-corrected chi connectivity index (χ3v) is 5.28. The molecule has 2 aromatic heterocycles. The lowest BCUT2D eigenvalue weighted by Gasteiger charge is -2.24. The monoisotopic (exact) mass is 424 g/mol. The minimum atomic E-state index is -0.576. The normalized spacial score (nSPS) is 15.3. The maximum Gasteiger partial charge on any atom is 0.244 e. The highest BCUT2D eigenvalue weighted by Crippen LogP contribution is 2.39. The molecule has 0 spiro atoms. The molecule has 152 valence electrons. The number of aryl methyl sites for hydroxylation is 1. The smallest absolute Gasteiger partial charge is 0.244 e. The molecule has 6 nitrogen and oxygen atoms in total. The van der Waals surface area contributed by atoms with Gasteiger partial charge in [0.1, 0.15) is 12.4 Å². The Morgan fingerprint density at radius 2 is 2.03 bits per heavy atom. The summed E-state index contributed by atoms with van der Waals surface area (Å²) in [6, 6.07) is 9.39. The lowest BCUT2D eigenvalue weighted by atomic mass is 9.98. The van der Waals surface area contributed by atoms with Crippen LogP contribution in [0.15, 0.2) is 48.8 Å². The van der Waals surface area contributed by atoms with Crippen molar-refractivity contribution in [1.29, 1.82) is 0 Å². The molecule has 3 aromatic rings. The van der Waals surface area contributed by atoms with Crippen molar-refractivity contribution in [3.63, 3.8) is 0 Å². The summed E-state index contributed by atoms with van der Waals surface area (Å²) < 4.78 is 13.4. The Hall–Kier alpha value is -3.32. The molecule has 1 N–H and O–H groups in total. The average molecular weight is 425 g/mol. The molecule has 0 bridgehead atoms. The van der Waals surface area contributed by atoms with E-state index in [4.69, 9.17) is 11.6 Å². The predicted octanol–water partition coefficient (Wildman–Crippen LogP) is 4.33. The minimum absolute atomic E-state index is 0.0964. The van der Waals surface area contributed by atoms with Crippen molar-refractivity contribution in [3.05, 3.63) is 71.0 Å². The van der Waals surface area contributed by atoms with Crippen LogP contribution in [-0.4, -0.2) is 28.3 Å².